The molecule has 1 heterocycles. The Kier molecular flexibility index (Phi) is 4.36. The van der Waals surface area contributed by atoms with E-state index in [0.29, 0.717) is 5.56 Å². The van der Waals surface area contributed by atoms with Crippen LogP contribution in [-0.2, 0) is 0 Å². The molecule has 0 saturated carbocycles. The molecule has 0 fully saturated rings. The molecule has 0 aliphatic carbocycles. The van der Waals surface area contributed by atoms with Crippen LogP contribution >= 0.6 is 12.4 Å². The van der Waals surface area contributed by atoms with Gasteiger partial charge in [0.1, 0.15) is 5.82 Å². The maximum absolute atomic E-state index is 13.0. The lowest BCUT2D eigenvalue weighted by Gasteiger charge is -2.06. The number of rotatable bonds is 2. The first-order valence-corrected chi connectivity index (χ1v) is 6.08. The maximum Gasteiger partial charge on any atom is 0.123 e. The van der Waals surface area contributed by atoms with Crippen molar-refractivity contribution < 1.29 is 4.39 Å². The van der Waals surface area contributed by atoms with E-state index in [-0.39, 0.29) is 18.2 Å². The zero-order valence-corrected chi connectivity index (χ0v) is 11.7. The second-order valence-electron chi connectivity index (χ2n) is 4.35. The van der Waals surface area contributed by atoms with Crippen LogP contribution in [0.4, 0.5) is 4.39 Å². The van der Waals surface area contributed by atoms with E-state index in [1.54, 1.807) is 24.4 Å². The molecule has 2 aromatic carbocycles. The fourth-order valence-electron chi connectivity index (χ4n) is 2.09. The first kappa shape index (κ1) is 14.8. The summed E-state index contributed by atoms with van der Waals surface area (Å²) in [6.07, 6.45) is 1.64. The van der Waals surface area contributed by atoms with Crippen LogP contribution in [0.15, 0.2) is 54.7 Å². The summed E-state index contributed by atoms with van der Waals surface area (Å²) in [5.41, 5.74) is 3.96. The van der Waals surface area contributed by atoms with E-state index in [4.69, 9.17) is 0 Å². The van der Waals surface area contributed by atoms with E-state index >= 15 is 0 Å². The molecule has 1 N–H and O–H groups in total. The summed E-state index contributed by atoms with van der Waals surface area (Å²) in [5, 5.41) is 15.9. The second-order valence-corrected chi connectivity index (χ2v) is 4.35. The Labute approximate surface area is 127 Å². The third-order valence-corrected chi connectivity index (χ3v) is 3.11. The van der Waals surface area contributed by atoms with Crippen molar-refractivity contribution in [3.8, 4) is 28.5 Å². The average Bonchev–Trinajstić information content (AvgIpc) is 3.01. The zero-order valence-electron chi connectivity index (χ0n) is 10.9. The minimum Gasteiger partial charge on any atom is -0.278 e. The van der Waals surface area contributed by atoms with Gasteiger partial charge in [0.05, 0.1) is 17.3 Å². The van der Waals surface area contributed by atoms with Crippen LogP contribution in [0.2, 0.25) is 0 Å². The largest absolute Gasteiger partial charge is 0.278 e. The van der Waals surface area contributed by atoms with E-state index in [0.717, 1.165) is 22.4 Å². The van der Waals surface area contributed by atoms with Gasteiger partial charge in [0.15, 0.2) is 0 Å². The highest BCUT2D eigenvalue weighted by Gasteiger charge is 2.08. The number of hydrogen-bond acceptors (Lipinski definition) is 2. The number of halogens is 2. The number of nitrogens with one attached hydrogen (secondary N) is 1. The van der Waals surface area contributed by atoms with Gasteiger partial charge in [-0.1, -0.05) is 18.2 Å². The number of benzene rings is 2. The van der Waals surface area contributed by atoms with Crippen molar-refractivity contribution in [1.82, 2.24) is 10.2 Å². The molecule has 0 unspecified atom stereocenters. The summed E-state index contributed by atoms with van der Waals surface area (Å²) in [5.74, 6) is -0.267. The predicted octanol–water partition coefficient (Wildman–Crippen LogP) is 4.18. The fraction of sp³-hybridized carbons (Fsp3) is 0. The molecular formula is C16H11ClFN3. The van der Waals surface area contributed by atoms with Crippen LogP contribution in [-0.4, -0.2) is 10.2 Å². The number of aromatic nitrogens is 2. The summed E-state index contributed by atoms with van der Waals surface area (Å²) in [6, 6.07) is 15.8. The van der Waals surface area contributed by atoms with Gasteiger partial charge in [-0.25, -0.2) is 4.39 Å². The molecule has 0 spiro atoms. The molecule has 0 bridgehead atoms. The predicted molar refractivity (Wildman–Crippen MR) is 81.4 cm³/mol. The van der Waals surface area contributed by atoms with Crippen LogP contribution in [0.5, 0.6) is 0 Å². The summed E-state index contributed by atoms with van der Waals surface area (Å²) >= 11 is 0. The molecule has 0 amide bonds. The Bertz CT molecular complexity index is 774. The monoisotopic (exact) mass is 299 g/mol. The van der Waals surface area contributed by atoms with Gasteiger partial charge in [-0.15, -0.1) is 12.4 Å². The second kappa shape index (κ2) is 6.21. The molecule has 0 aliphatic heterocycles. The first-order chi connectivity index (χ1) is 9.78. The van der Waals surface area contributed by atoms with Crippen LogP contribution in [0.1, 0.15) is 5.56 Å². The fourth-order valence-corrected chi connectivity index (χ4v) is 2.09. The molecule has 3 rings (SSSR count). The van der Waals surface area contributed by atoms with Crippen molar-refractivity contribution in [2.45, 2.75) is 0 Å². The molecule has 0 atom stereocenters. The van der Waals surface area contributed by atoms with Crippen molar-refractivity contribution in [1.29, 1.82) is 5.26 Å². The van der Waals surface area contributed by atoms with Gasteiger partial charge in [-0.3, -0.25) is 5.10 Å². The molecule has 3 nitrogen and oxygen atoms in total. The summed E-state index contributed by atoms with van der Waals surface area (Å²) in [4.78, 5) is 0. The van der Waals surface area contributed by atoms with Crippen LogP contribution in [0.3, 0.4) is 0 Å². The highest BCUT2D eigenvalue weighted by atomic mass is 35.5. The van der Waals surface area contributed by atoms with Gasteiger partial charge < -0.3 is 0 Å². The van der Waals surface area contributed by atoms with E-state index in [1.165, 1.54) is 12.1 Å². The van der Waals surface area contributed by atoms with Crippen molar-refractivity contribution >= 4 is 12.4 Å². The Balaban J connectivity index is 0.00000161. The van der Waals surface area contributed by atoms with Crippen LogP contribution in [0, 0.1) is 17.1 Å². The maximum atomic E-state index is 13.0. The van der Waals surface area contributed by atoms with Gasteiger partial charge in [0.2, 0.25) is 0 Å². The summed E-state index contributed by atoms with van der Waals surface area (Å²) in [6.45, 7) is 0. The van der Waals surface area contributed by atoms with Gasteiger partial charge in [-0.2, -0.15) is 10.4 Å². The van der Waals surface area contributed by atoms with E-state index in [1.807, 2.05) is 18.2 Å². The van der Waals surface area contributed by atoms with Gasteiger partial charge in [0, 0.05) is 11.8 Å². The SMILES string of the molecule is Cl.N#Cc1ccc(-c2ccc(F)cc2)cc1-c1ccn[nH]1. The van der Waals surface area contributed by atoms with Crippen LogP contribution < -0.4 is 0 Å². The quantitative estimate of drug-likeness (QED) is 0.772. The lowest BCUT2D eigenvalue weighted by atomic mass is 9.98. The Morgan fingerprint density at radius 3 is 2.33 bits per heavy atom. The van der Waals surface area contributed by atoms with Gasteiger partial charge in [-0.05, 0) is 41.5 Å². The summed E-state index contributed by atoms with van der Waals surface area (Å²) in [7, 11) is 0. The number of aromatic amines is 1. The highest BCUT2D eigenvalue weighted by molar-refractivity contribution is 5.85. The molecule has 104 valence electrons. The van der Waals surface area contributed by atoms with Gasteiger partial charge in [0.25, 0.3) is 0 Å². The molecule has 0 radical (unpaired) electrons. The minimum atomic E-state index is -0.267. The highest BCUT2D eigenvalue weighted by Crippen LogP contribution is 2.28. The third kappa shape index (κ3) is 2.93. The summed E-state index contributed by atoms with van der Waals surface area (Å²) < 4.78 is 13.0. The van der Waals surface area contributed by atoms with E-state index in [2.05, 4.69) is 16.3 Å². The minimum absolute atomic E-state index is 0. The lowest BCUT2D eigenvalue weighted by molar-refractivity contribution is 0.628. The molecule has 5 heteroatoms. The smallest absolute Gasteiger partial charge is 0.123 e. The van der Waals surface area contributed by atoms with E-state index < -0.39 is 0 Å². The number of nitriles is 1. The Morgan fingerprint density at radius 2 is 1.71 bits per heavy atom. The normalized spacial score (nSPS) is 9.71. The molecule has 1 aromatic heterocycles. The zero-order chi connectivity index (χ0) is 13.9. The van der Waals surface area contributed by atoms with E-state index in [9.17, 15) is 9.65 Å². The number of nitrogens with zero attached hydrogens (tertiary/aromatic N) is 2. The molecule has 3 aromatic rings. The topological polar surface area (TPSA) is 52.5 Å². The van der Waals surface area contributed by atoms with Crippen molar-refractivity contribution in [3.05, 3.63) is 66.1 Å². The molecular weight excluding hydrogens is 289 g/mol. The first-order valence-electron chi connectivity index (χ1n) is 6.08. The standard InChI is InChI=1S/C16H10FN3.ClH/c17-14-5-3-11(4-6-14)12-1-2-13(10-18)15(9-12)16-7-8-19-20-16;/h1-9H,(H,19,20);1H. The molecule has 0 aliphatic rings. The average molecular weight is 300 g/mol. The van der Waals surface area contributed by atoms with Crippen molar-refractivity contribution in [3.63, 3.8) is 0 Å². The number of hydrogen-bond donors (Lipinski definition) is 1. The van der Waals surface area contributed by atoms with Crippen molar-refractivity contribution in [2.75, 3.05) is 0 Å². The Morgan fingerprint density at radius 1 is 1.00 bits per heavy atom. The van der Waals surface area contributed by atoms with Crippen molar-refractivity contribution in [2.24, 2.45) is 0 Å². The van der Waals surface area contributed by atoms with Gasteiger partial charge >= 0.3 is 0 Å². The third-order valence-electron chi connectivity index (χ3n) is 3.11. The van der Waals surface area contributed by atoms with Crippen LogP contribution in [0.25, 0.3) is 22.4 Å². The lowest BCUT2D eigenvalue weighted by Crippen LogP contribution is -1.87. The Hall–Kier alpha value is -2.64. The molecule has 0 saturated heterocycles. The number of H-pyrrole nitrogens is 1. The molecule has 21 heavy (non-hydrogen) atoms.